The Labute approximate surface area is 302 Å². The molecule has 1 fully saturated rings. The van der Waals surface area contributed by atoms with E-state index in [9.17, 15) is 9.90 Å². The number of carboxylic acids is 1. The molecule has 0 spiro atoms. The van der Waals surface area contributed by atoms with Crippen LogP contribution in [0.1, 0.15) is 34.2 Å². The van der Waals surface area contributed by atoms with E-state index in [2.05, 4.69) is 83.0 Å². The molecule has 1 saturated heterocycles. The lowest BCUT2D eigenvalue weighted by Gasteiger charge is -2.52. The maximum Gasteiger partial charge on any atom is 0.333 e. The van der Waals surface area contributed by atoms with Crippen LogP contribution in [0, 0.1) is 6.92 Å². The van der Waals surface area contributed by atoms with Gasteiger partial charge < -0.3 is 19.9 Å². The molecule has 2 bridgehead atoms. The lowest BCUT2D eigenvalue weighted by Crippen LogP contribution is -2.65. The highest BCUT2D eigenvalue weighted by Gasteiger charge is 2.48. The summed E-state index contributed by atoms with van der Waals surface area (Å²) in [7, 11) is 0. The second-order valence-corrected chi connectivity index (χ2v) is 13.6. The van der Waals surface area contributed by atoms with Gasteiger partial charge in [-0.25, -0.2) is 4.79 Å². The maximum absolute atomic E-state index is 13.1. The average Bonchev–Trinajstić information content (AvgIpc) is 3.12. The minimum absolute atomic E-state index is 0.0378. The molecule has 50 heavy (non-hydrogen) atoms. The molecule has 0 aromatic heterocycles. The van der Waals surface area contributed by atoms with Crippen LogP contribution in [0.15, 0.2) is 133 Å². The van der Waals surface area contributed by atoms with Crippen LogP contribution >= 0.6 is 23.2 Å². The van der Waals surface area contributed by atoms with Crippen LogP contribution in [0.2, 0.25) is 10.0 Å². The van der Waals surface area contributed by atoms with Gasteiger partial charge in [0.2, 0.25) is 0 Å². The van der Waals surface area contributed by atoms with Crippen LogP contribution in [0.5, 0.6) is 11.5 Å². The molecule has 8 heteroatoms. The van der Waals surface area contributed by atoms with Crippen molar-refractivity contribution in [2.24, 2.45) is 0 Å². The van der Waals surface area contributed by atoms with Gasteiger partial charge in [-0.2, -0.15) is 0 Å². The summed E-state index contributed by atoms with van der Waals surface area (Å²) >= 11 is 12.6. The molecule has 5 aromatic rings. The van der Waals surface area contributed by atoms with E-state index < -0.39 is 11.5 Å². The molecule has 2 heterocycles. The van der Waals surface area contributed by atoms with Crippen LogP contribution in [0.4, 0.5) is 0 Å². The first-order valence-electron chi connectivity index (χ1n) is 16.8. The fourth-order valence-corrected chi connectivity index (χ4v) is 8.31. The molecular weight excluding hydrogens is 667 g/mol. The van der Waals surface area contributed by atoms with E-state index >= 15 is 0 Å². The van der Waals surface area contributed by atoms with Crippen molar-refractivity contribution in [1.29, 1.82) is 0 Å². The number of hydrogen-bond acceptors (Lipinski definition) is 5. The Morgan fingerprint density at radius 2 is 1.30 bits per heavy atom. The summed E-state index contributed by atoms with van der Waals surface area (Å²) in [6.07, 6.45) is 0.579. The van der Waals surface area contributed by atoms with Crippen LogP contribution in [0.3, 0.4) is 0 Å². The van der Waals surface area contributed by atoms with E-state index in [4.69, 9.17) is 32.7 Å². The Kier molecular flexibility index (Phi) is 9.97. The summed E-state index contributed by atoms with van der Waals surface area (Å²) in [5.41, 5.74) is 5.91. The lowest BCUT2D eigenvalue weighted by atomic mass is 9.73. The van der Waals surface area contributed by atoms with Crippen LogP contribution in [-0.2, 0) is 10.3 Å². The van der Waals surface area contributed by atoms with Crippen molar-refractivity contribution >= 4 is 34.7 Å². The first-order valence-corrected chi connectivity index (χ1v) is 17.6. The minimum Gasteiger partial charge on any atom is -0.490 e. The molecule has 2 atom stereocenters. The standard InChI is InChI=1S/C42H38Cl2N2O4/c1-28-23-36(43)40(37(44)24-28)50-22-21-49-34-19-17-29(18-20-34)35-25-33-26-46(27-38(45-33)39(35)41(47)48)42(30-11-5-2-6-12-30,31-13-7-3-8-14-31)32-15-9-4-10-16-32/h2-20,23-24,33,38,45H,21-22,25-27H2,1H3,(H,47,48)/t33-,38-/m1/s1. The van der Waals surface area contributed by atoms with E-state index in [0.29, 0.717) is 46.7 Å². The third-order valence-corrected chi connectivity index (χ3v) is 10.2. The molecule has 254 valence electrons. The number of hydrogen-bond donors (Lipinski definition) is 2. The number of piperazine rings is 1. The van der Waals surface area contributed by atoms with Crippen LogP contribution in [-0.4, -0.2) is 54.4 Å². The van der Waals surface area contributed by atoms with Gasteiger partial charge in [0.25, 0.3) is 0 Å². The van der Waals surface area contributed by atoms with E-state index in [-0.39, 0.29) is 18.7 Å². The molecule has 0 saturated carbocycles. The van der Waals surface area contributed by atoms with Crippen molar-refractivity contribution in [1.82, 2.24) is 10.2 Å². The second-order valence-electron chi connectivity index (χ2n) is 12.8. The van der Waals surface area contributed by atoms with E-state index in [0.717, 1.165) is 39.9 Å². The van der Waals surface area contributed by atoms with Gasteiger partial charge in [-0.3, -0.25) is 4.90 Å². The summed E-state index contributed by atoms with van der Waals surface area (Å²) in [4.78, 5) is 15.5. The van der Waals surface area contributed by atoms with Crippen molar-refractivity contribution < 1.29 is 19.4 Å². The molecule has 5 aromatic carbocycles. The van der Waals surface area contributed by atoms with Gasteiger partial charge in [0.15, 0.2) is 5.75 Å². The first kappa shape index (κ1) is 33.9. The summed E-state index contributed by atoms with van der Waals surface area (Å²) in [6, 6.07) is 42.6. The Balaban J connectivity index is 1.16. The molecule has 0 radical (unpaired) electrons. The maximum atomic E-state index is 13.1. The highest BCUT2D eigenvalue weighted by Crippen LogP contribution is 2.45. The highest BCUT2D eigenvalue weighted by atomic mass is 35.5. The largest absolute Gasteiger partial charge is 0.490 e. The van der Waals surface area contributed by atoms with Crippen molar-refractivity contribution in [2.75, 3.05) is 26.3 Å². The average molecular weight is 706 g/mol. The van der Waals surface area contributed by atoms with Crippen molar-refractivity contribution in [3.63, 3.8) is 0 Å². The summed E-state index contributed by atoms with van der Waals surface area (Å²) in [5.74, 6) is 0.192. The number of fused-ring (bicyclic) bond motifs is 2. The molecule has 2 N–H and O–H groups in total. The summed E-state index contributed by atoms with van der Waals surface area (Å²) < 4.78 is 11.7. The molecule has 0 aliphatic carbocycles. The zero-order chi connectivity index (χ0) is 34.7. The predicted molar refractivity (Wildman–Crippen MR) is 199 cm³/mol. The quantitative estimate of drug-likeness (QED) is 0.106. The molecule has 2 aliphatic rings. The Hall–Kier alpha value is -4.59. The molecule has 7 rings (SSSR count). The Bertz CT molecular complexity index is 1870. The zero-order valence-corrected chi connectivity index (χ0v) is 29.2. The number of carbonyl (C=O) groups is 1. The number of nitrogens with one attached hydrogen (secondary N) is 1. The van der Waals surface area contributed by atoms with Gasteiger partial charge in [0.05, 0.1) is 27.2 Å². The fourth-order valence-electron chi connectivity index (χ4n) is 7.61. The SMILES string of the molecule is Cc1cc(Cl)c(OCCOc2ccc(C3=C(C(=O)O)[C@H]4CN(C(c5ccccc5)(c5ccccc5)c5ccccc5)C[C@@H](C3)N4)cc2)c(Cl)c1. The van der Waals surface area contributed by atoms with Crippen LogP contribution < -0.4 is 14.8 Å². The minimum atomic E-state index is -0.909. The molecule has 0 unspecified atom stereocenters. The molecular formula is C42H38Cl2N2O4. The lowest BCUT2D eigenvalue weighted by molar-refractivity contribution is -0.133. The third-order valence-electron chi connectivity index (χ3n) is 9.63. The number of halogens is 2. The Morgan fingerprint density at radius 3 is 1.82 bits per heavy atom. The van der Waals surface area contributed by atoms with Gasteiger partial charge in [0.1, 0.15) is 19.0 Å². The highest BCUT2D eigenvalue weighted by molar-refractivity contribution is 6.37. The van der Waals surface area contributed by atoms with Gasteiger partial charge in [0, 0.05) is 19.1 Å². The molecule has 0 amide bonds. The number of aliphatic carboxylic acids is 1. The zero-order valence-electron chi connectivity index (χ0n) is 27.7. The van der Waals surface area contributed by atoms with E-state index in [1.807, 2.05) is 49.4 Å². The number of rotatable bonds is 11. The Morgan fingerprint density at radius 1 is 0.780 bits per heavy atom. The molecule has 2 aliphatic heterocycles. The third kappa shape index (κ3) is 6.64. The molecule has 6 nitrogen and oxygen atoms in total. The number of benzene rings is 5. The second kappa shape index (κ2) is 14.7. The smallest absolute Gasteiger partial charge is 0.333 e. The van der Waals surface area contributed by atoms with Crippen molar-refractivity contribution in [2.45, 2.75) is 31.0 Å². The number of ether oxygens (including phenoxy) is 2. The van der Waals surface area contributed by atoms with Crippen molar-refractivity contribution in [3.8, 4) is 11.5 Å². The van der Waals surface area contributed by atoms with Crippen LogP contribution in [0.25, 0.3) is 5.57 Å². The van der Waals surface area contributed by atoms with Gasteiger partial charge in [-0.05, 0) is 71.0 Å². The number of aryl methyl sites for hydroxylation is 1. The monoisotopic (exact) mass is 704 g/mol. The first-order chi connectivity index (χ1) is 24.3. The van der Waals surface area contributed by atoms with Crippen molar-refractivity contribution in [3.05, 3.63) is 171 Å². The van der Waals surface area contributed by atoms with E-state index in [1.165, 1.54) is 0 Å². The normalized spacial score (nSPS) is 17.7. The van der Waals surface area contributed by atoms with Gasteiger partial charge in [-0.1, -0.05) is 126 Å². The van der Waals surface area contributed by atoms with E-state index in [1.54, 1.807) is 12.1 Å². The topological polar surface area (TPSA) is 71.0 Å². The number of carboxylic acid groups (broad SMARTS) is 1. The predicted octanol–water partition coefficient (Wildman–Crippen LogP) is 8.64. The van der Waals surface area contributed by atoms with Gasteiger partial charge >= 0.3 is 5.97 Å². The summed E-state index contributed by atoms with van der Waals surface area (Å²) in [6.45, 7) is 3.71. The summed E-state index contributed by atoms with van der Waals surface area (Å²) in [5, 5.41) is 15.3. The fraction of sp³-hybridized carbons (Fsp3) is 0.214. The van der Waals surface area contributed by atoms with Gasteiger partial charge in [-0.15, -0.1) is 0 Å². The number of nitrogens with zero attached hydrogens (tertiary/aromatic N) is 1.